The summed E-state index contributed by atoms with van der Waals surface area (Å²) < 4.78 is 17.7. The van der Waals surface area contributed by atoms with Crippen molar-refractivity contribution in [1.29, 1.82) is 0 Å². The predicted molar refractivity (Wildman–Crippen MR) is 49.3 cm³/mol. The molecule has 1 aromatic rings. The summed E-state index contributed by atoms with van der Waals surface area (Å²) >= 11 is 0. The Morgan fingerprint density at radius 1 is 1.60 bits per heavy atom. The van der Waals surface area contributed by atoms with Crippen LogP contribution in [-0.4, -0.2) is 18.4 Å². The van der Waals surface area contributed by atoms with E-state index in [1.165, 1.54) is 7.11 Å². The molecule has 7 heteroatoms. The van der Waals surface area contributed by atoms with Crippen LogP contribution in [0.3, 0.4) is 0 Å². The maximum Gasteiger partial charge on any atom is 0.296 e. The van der Waals surface area contributed by atoms with Crippen molar-refractivity contribution >= 4 is 17.8 Å². The quantitative estimate of drug-likeness (QED) is 0.465. The highest BCUT2D eigenvalue weighted by molar-refractivity contribution is 5.78. The molecule has 0 aliphatic rings. The van der Waals surface area contributed by atoms with E-state index in [1.807, 2.05) is 5.32 Å². The van der Waals surface area contributed by atoms with Crippen LogP contribution in [0, 0.1) is 15.9 Å². The van der Waals surface area contributed by atoms with Crippen LogP contribution in [0.2, 0.25) is 0 Å². The Morgan fingerprint density at radius 2 is 2.27 bits per heavy atom. The topological polar surface area (TPSA) is 81.5 Å². The normalized spacial score (nSPS) is 9.47. The highest BCUT2D eigenvalue weighted by Gasteiger charge is 2.18. The van der Waals surface area contributed by atoms with Gasteiger partial charge in [-0.3, -0.25) is 14.9 Å². The second kappa shape index (κ2) is 4.36. The number of rotatable bonds is 4. The Kier molecular flexibility index (Phi) is 3.17. The van der Waals surface area contributed by atoms with E-state index in [4.69, 9.17) is 0 Å². The Bertz CT molecular complexity index is 408. The molecular weight excluding hydrogens is 207 g/mol. The predicted octanol–water partition coefficient (Wildman–Crippen LogP) is 1.31. The van der Waals surface area contributed by atoms with Gasteiger partial charge in [-0.2, -0.15) is 0 Å². The van der Waals surface area contributed by atoms with Crippen molar-refractivity contribution in [3.63, 3.8) is 0 Å². The summed E-state index contributed by atoms with van der Waals surface area (Å²) in [6.07, 6.45) is 0.230. The van der Waals surface area contributed by atoms with Gasteiger partial charge in [0.2, 0.25) is 6.41 Å². The SMILES string of the molecule is COc1cc([N+](=O)[O-])c(NC=O)cc1F. The summed E-state index contributed by atoms with van der Waals surface area (Å²) in [4.78, 5) is 19.9. The van der Waals surface area contributed by atoms with Crippen LogP contribution < -0.4 is 10.1 Å². The maximum atomic E-state index is 13.1. The first-order chi connectivity index (χ1) is 7.10. The molecule has 1 rings (SSSR count). The number of nitrogens with one attached hydrogen (secondary N) is 1. The number of carbonyl (C=O) groups excluding carboxylic acids is 1. The van der Waals surface area contributed by atoms with E-state index >= 15 is 0 Å². The van der Waals surface area contributed by atoms with Crippen molar-refractivity contribution in [1.82, 2.24) is 0 Å². The van der Waals surface area contributed by atoms with Crippen LogP contribution in [0.15, 0.2) is 12.1 Å². The second-order valence-electron chi connectivity index (χ2n) is 2.52. The smallest absolute Gasteiger partial charge is 0.296 e. The van der Waals surface area contributed by atoms with E-state index in [-0.39, 0.29) is 17.8 Å². The molecule has 0 fully saturated rings. The number of ether oxygens (including phenoxy) is 1. The van der Waals surface area contributed by atoms with Gasteiger partial charge in [-0.1, -0.05) is 0 Å². The van der Waals surface area contributed by atoms with Crippen LogP contribution in [0.25, 0.3) is 0 Å². The number of hydrogen-bond donors (Lipinski definition) is 1. The fourth-order valence-corrected chi connectivity index (χ4v) is 1.03. The average molecular weight is 214 g/mol. The maximum absolute atomic E-state index is 13.1. The molecule has 0 aliphatic carbocycles. The number of anilines is 1. The van der Waals surface area contributed by atoms with Gasteiger partial charge in [-0.15, -0.1) is 0 Å². The van der Waals surface area contributed by atoms with E-state index in [9.17, 15) is 19.3 Å². The molecule has 1 amide bonds. The Morgan fingerprint density at radius 3 is 2.73 bits per heavy atom. The van der Waals surface area contributed by atoms with E-state index in [2.05, 4.69) is 4.74 Å². The summed E-state index contributed by atoms with van der Waals surface area (Å²) in [5, 5.41) is 12.6. The number of nitrogens with zero attached hydrogens (tertiary/aromatic N) is 1. The molecular formula is C8H7FN2O4. The number of carbonyl (C=O) groups is 1. The lowest BCUT2D eigenvalue weighted by Crippen LogP contribution is -2.01. The fraction of sp³-hybridized carbons (Fsp3) is 0.125. The molecule has 1 N–H and O–H groups in total. The lowest BCUT2D eigenvalue weighted by Gasteiger charge is -2.05. The zero-order chi connectivity index (χ0) is 11.4. The molecule has 0 saturated heterocycles. The first-order valence-electron chi connectivity index (χ1n) is 3.82. The van der Waals surface area contributed by atoms with Gasteiger partial charge >= 0.3 is 0 Å². The van der Waals surface area contributed by atoms with Crippen LogP contribution in [0.4, 0.5) is 15.8 Å². The van der Waals surface area contributed by atoms with Crippen molar-refractivity contribution in [3.8, 4) is 5.75 Å². The number of amides is 1. The molecule has 0 aromatic heterocycles. The zero-order valence-electron chi connectivity index (χ0n) is 7.69. The van der Waals surface area contributed by atoms with Gasteiger partial charge in [-0.05, 0) is 0 Å². The molecule has 0 atom stereocenters. The fourth-order valence-electron chi connectivity index (χ4n) is 1.03. The van der Waals surface area contributed by atoms with Gasteiger partial charge in [0, 0.05) is 6.07 Å². The molecule has 0 radical (unpaired) electrons. The monoisotopic (exact) mass is 214 g/mol. The summed E-state index contributed by atoms with van der Waals surface area (Å²) in [6.45, 7) is 0. The zero-order valence-corrected chi connectivity index (χ0v) is 7.69. The summed E-state index contributed by atoms with van der Waals surface area (Å²) in [6, 6.07) is 1.73. The van der Waals surface area contributed by atoms with E-state index in [1.54, 1.807) is 0 Å². The molecule has 0 aliphatic heterocycles. The first-order valence-corrected chi connectivity index (χ1v) is 3.82. The minimum absolute atomic E-state index is 0.215. The molecule has 0 heterocycles. The third-order valence-electron chi connectivity index (χ3n) is 1.68. The molecule has 1 aromatic carbocycles. The number of halogens is 1. The second-order valence-corrected chi connectivity index (χ2v) is 2.52. The summed E-state index contributed by atoms with van der Waals surface area (Å²) in [5.41, 5.74) is -0.645. The molecule has 6 nitrogen and oxygen atoms in total. The molecule has 0 bridgehead atoms. The Labute approximate surface area is 83.8 Å². The molecule has 0 saturated carbocycles. The first kappa shape index (κ1) is 10.9. The standard InChI is InChI=1S/C8H7FN2O4/c1-15-8-3-7(11(13)14)6(10-4-12)2-5(8)9/h2-4H,1H3,(H,10,12). The highest BCUT2D eigenvalue weighted by atomic mass is 19.1. The van der Waals surface area contributed by atoms with Crippen LogP contribution >= 0.6 is 0 Å². The molecule has 0 unspecified atom stereocenters. The number of hydrogen-bond acceptors (Lipinski definition) is 4. The summed E-state index contributed by atoms with van der Waals surface area (Å²) in [5.74, 6) is -1.04. The lowest BCUT2D eigenvalue weighted by atomic mass is 10.2. The average Bonchev–Trinajstić information content (AvgIpc) is 2.18. The van der Waals surface area contributed by atoms with E-state index in [0.29, 0.717) is 0 Å². The van der Waals surface area contributed by atoms with Gasteiger partial charge < -0.3 is 10.1 Å². The minimum Gasteiger partial charge on any atom is -0.493 e. The third kappa shape index (κ3) is 2.19. The largest absolute Gasteiger partial charge is 0.493 e. The van der Waals surface area contributed by atoms with E-state index < -0.39 is 16.4 Å². The van der Waals surface area contributed by atoms with Crippen LogP contribution in [-0.2, 0) is 4.79 Å². The van der Waals surface area contributed by atoms with Crippen molar-refractivity contribution in [2.45, 2.75) is 0 Å². The van der Waals surface area contributed by atoms with Gasteiger partial charge in [0.1, 0.15) is 5.69 Å². The third-order valence-corrected chi connectivity index (χ3v) is 1.68. The van der Waals surface area contributed by atoms with Crippen molar-refractivity contribution in [2.75, 3.05) is 12.4 Å². The van der Waals surface area contributed by atoms with Crippen molar-refractivity contribution < 1.29 is 18.8 Å². The lowest BCUT2D eigenvalue weighted by molar-refractivity contribution is -0.384. The van der Waals surface area contributed by atoms with Crippen molar-refractivity contribution in [2.24, 2.45) is 0 Å². The van der Waals surface area contributed by atoms with Gasteiger partial charge in [0.15, 0.2) is 11.6 Å². The minimum atomic E-state index is -0.785. The molecule has 80 valence electrons. The van der Waals surface area contributed by atoms with Crippen LogP contribution in [0.5, 0.6) is 5.75 Å². The molecule has 0 spiro atoms. The van der Waals surface area contributed by atoms with Gasteiger partial charge in [0.05, 0.1) is 18.1 Å². The van der Waals surface area contributed by atoms with Crippen LogP contribution in [0.1, 0.15) is 0 Å². The Balaban J connectivity index is 3.31. The Hall–Kier alpha value is -2.18. The number of nitro groups is 1. The van der Waals surface area contributed by atoms with E-state index in [0.717, 1.165) is 12.1 Å². The summed E-state index contributed by atoms with van der Waals surface area (Å²) in [7, 11) is 1.19. The van der Waals surface area contributed by atoms with Crippen molar-refractivity contribution in [3.05, 3.63) is 28.1 Å². The number of benzene rings is 1. The highest BCUT2D eigenvalue weighted by Crippen LogP contribution is 2.31. The number of nitro benzene ring substituents is 1. The number of methoxy groups -OCH3 is 1. The van der Waals surface area contributed by atoms with Gasteiger partial charge in [-0.25, -0.2) is 4.39 Å². The van der Waals surface area contributed by atoms with Gasteiger partial charge in [0.25, 0.3) is 5.69 Å². The molecule has 15 heavy (non-hydrogen) atoms.